The van der Waals surface area contributed by atoms with Crippen molar-refractivity contribution in [2.45, 2.75) is 0 Å². The highest BCUT2D eigenvalue weighted by Crippen LogP contribution is 2.25. The van der Waals surface area contributed by atoms with Crippen molar-refractivity contribution >= 4 is 17.2 Å². The molecule has 2 N–H and O–H groups in total. The molecular weight excluding hydrogens is 304 g/mol. The van der Waals surface area contributed by atoms with E-state index >= 15 is 0 Å². The molecule has 22 heavy (non-hydrogen) atoms. The standard InChI is InChI=1S/C14H9ClN6O/c15-9-3-1-2-8(6-9)10-7-17-21-13(10)20-19-12(14(21)22)11-4-5-16-18-11/h1-7,17H,(H,16,18). The Morgan fingerprint density at radius 2 is 2.09 bits per heavy atom. The third-order valence-corrected chi connectivity index (χ3v) is 3.57. The average molecular weight is 313 g/mol. The summed E-state index contributed by atoms with van der Waals surface area (Å²) in [5, 5.41) is 18.2. The molecule has 0 aliphatic heterocycles. The van der Waals surface area contributed by atoms with E-state index in [4.69, 9.17) is 11.6 Å². The summed E-state index contributed by atoms with van der Waals surface area (Å²) in [4.78, 5) is 12.5. The van der Waals surface area contributed by atoms with Gasteiger partial charge < -0.3 is 0 Å². The zero-order chi connectivity index (χ0) is 15.1. The summed E-state index contributed by atoms with van der Waals surface area (Å²) >= 11 is 6.01. The van der Waals surface area contributed by atoms with Gasteiger partial charge in [0.1, 0.15) is 0 Å². The summed E-state index contributed by atoms with van der Waals surface area (Å²) in [6.45, 7) is 0. The van der Waals surface area contributed by atoms with Crippen LogP contribution in [0.3, 0.4) is 0 Å². The Bertz CT molecular complexity index is 1020. The largest absolute Gasteiger partial charge is 0.301 e. The maximum absolute atomic E-state index is 12.5. The number of hydrogen-bond acceptors (Lipinski definition) is 4. The van der Waals surface area contributed by atoms with Crippen molar-refractivity contribution in [3.05, 3.63) is 58.1 Å². The molecule has 0 aliphatic rings. The zero-order valence-electron chi connectivity index (χ0n) is 11.1. The molecule has 0 unspecified atom stereocenters. The second-order valence-corrected chi connectivity index (χ2v) is 5.12. The molecule has 0 spiro atoms. The van der Waals surface area contributed by atoms with Gasteiger partial charge in [-0.2, -0.15) is 9.61 Å². The van der Waals surface area contributed by atoms with Gasteiger partial charge >= 0.3 is 5.56 Å². The molecule has 8 heteroatoms. The summed E-state index contributed by atoms with van der Waals surface area (Å²) in [5.41, 5.74) is 2.47. The molecule has 7 nitrogen and oxygen atoms in total. The monoisotopic (exact) mass is 312 g/mol. The van der Waals surface area contributed by atoms with Crippen LogP contribution in [0.25, 0.3) is 28.2 Å². The Hall–Kier alpha value is -2.93. The van der Waals surface area contributed by atoms with Crippen LogP contribution in [-0.4, -0.2) is 30.0 Å². The van der Waals surface area contributed by atoms with Gasteiger partial charge in [0.15, 0.2) is 11.3 Å². The molecule has 0 fully saturated rings. The van der Waals surface area contributed by atoms with Crippen LogP contribution in [-0.2, 0) is 0 Å². The summed E-state index contributed by atoms with van der Waals surface area (Å²) in [6, 6.07) is 8.99. The molecule has 0 saturated heterocycles. The van der Waals surface area contributed by atoms with Gasteiger partial charge in [-0.05, 0) is 23.8 Å². The number of hydrogen-bond donors (Lipinski definition) is 2. The zero-order valence-corrected chi connectivity index (χ0v) is 11.9. The van der Waals surface area contributed by atoms with Gasteiger partial charge in [-0.15, -0.1) is 10.2 Å². The maximum Gasteiger partial charge on any atom is 0.301 e. The number of rotatable bonds is 2. The van der Waals surface area contributed by atoms with Gasteiger partial charge in [-0.25, -0.2) is 0 Å². The third kappa shape index (κ3) is 1.91. The number of H-pyrrole nitrogens is 2. The fourth-order valence-corrected chi connectivity index (χ4v) is 2.49. The smallest absolute Gasteiger partial charge is 0.296 e. The highest BCUT2D eigenvalue weighted by atomic mass is 35.5. The van der Waals surface area contributed by atoms with Crippen LogP contribution in [0, 0.1) is 0 Å². The van der Waals surface area contributed by atoms with Gasteiger partial charge in [0.05, 0.1) is 5.69 Å². The molecule has 0 bridgehead atoms. The van der Waals surface area contributed by atoms with E-state index in [1.54, 1.807) is 30.6 Å². The lowest BCUT2D eigenvalue weighted by atomic mass is 10.1. The van der Waals surface area contributed by atoms with Gasteiger partial charge in [0, 0.05) is 23.0 Å². The fraction of sp³-hybridized carbons (Fsp3) is 0. The van der Waals surface area contributed by atoms with Gasteiger partial charge in [-0.1, -0.05) is 23.7 Å². The molecule has 4 aromatic rings. The number of benzene rings is 1. The van der Waals surface area contributed by atoms with E-state index in [1.807, 2.05) is 12.1 Å². The number of aromatic amines is 2. The van der Waals surface area contributed by atoms with Crippen molar-refractivity contribution in [2.24, 2.45) is 0 Å². The Morgan fingerprint density at radius 3 is 2.86 bits per heavy atom. The van der Waals surface area contributed by atoms with Gasteiger partial charge in [0.25, 0.3) is 0 Å². The predicted octanol–water partition coefficient (Wildman–Crippen LogP) is 2.13. The van der Waals surface area contributed by atoms with E-state index in [2.05, 4.69) is 25.5 Å². The maximum atomic E-state index is 12.5. The summed E-state index contributed by atoms with van der Waals surface area (Å²) in [6.07, 6.45) is 3.26. The summed E-state index contributed by atoms with van der Waals surface area (Å²) < 4.78 is 1.35. The van der Waals surface area contributed by atoms with E-state index in [1.165, 1.54) is 4.52 Å². The Balaban J connectivity index is 1.95. The molecule has 0 atom stereocenters. The molecular formula is C14H9ClN6O. The second kappa shape index (κ2) is 4.81. The average Bonchev–Trinajstić information content (AvgIpc) is 3.17. The van der Waals surface area contributed by atoms with E-state index in [0.717, 1.165) is 11.1 Å². The van der Waals surface area contributed by atoms with Crippen molar-refractivity contribution in [3.63, 3.8) is 0 Å². The van der Waals surface area contributed by atoms with Crippen molar-refractivity contribution < 1.29 is 0 Å². The highest BCUT2D eigenvalue weighted by Gasteiger charge is 2.15. The lowest BCUT2D eigenvalue weighted by molar-refractivity contribution is 0.854. The van der Waals surface area contributed by atoms with Crippen LogP contribution < -0.4 is 5.56 Å². The first-order valence-corrected chi connectivity index (χ1v) is 6.84. The molecule has 1 aromatic carbocycles. The van der Waals surface area contributed by atoms with Crippen molar-refractivity contribution in [1.82, 2.24) is 30.0 Å². The van der Waals surface area contributed by atoms with E-state index in [0.29, 0.717) is 16.4 Å². The minimum absolute atomic E-state index is 0.203. The molecule has 108 valence electrons. The number of halogens is 1. The summed E-state index contributed by atoms with van der Waals surface area (Å²) in [7, 11) is 0. The molecule has 0 radical (unpaired) electrons. The fourth-order valence-electron chi connectivity index (χ4n) is 2.30. The van der Waals surface area contributed by atoms with Crippen molar-refractivity contribution in [1.29, 1.82) is 0 Å². The number of fused-ring (bicyclic) bond motifs is 1. The number of nitrogens with zero attached hydrogens (tertiary/aromatic N) is 4. The van der Waals surface area contributed by atoms with E-state index < -0.39 is 0 Å². The van der Waals surface area contributed by atoms with Crippen molar-refractivity contribution in [3.8, 4) is 22.5 Å². The second-order valence-electron chi connectivity index (χ2n) is 4.68. The van der Waals surface area contributed by atoms with Gasteiger partial charge in [-0.3, -0.25) is 15.0 Å². The lowest BCUT2D eigenvalue weighted by Crippen LogP contribution is -2.19. The first-order valence-electron chi connectivity index (χ1n) is 6.46. The molecule has 4 rings (SSSR count). The minimum Gasteiger partial charge on any atom is -0.296 e. The SMILES string of the molecule is O=c1c(-c2ccn[nH]2)nnc2c(-c3cccc(Cl)c3)c[nH]n12. The molecule has 0 amide bonds. The van der Waals surface area contributed by atoms with Crippen LogP contribution in [0.2, 0.25) is 5.02 Å². The van der Waals surface area contributed by atoms with Crippen LogP contribution >= 0.6 is 11.6 Å². The topological polar surface area (TPSA) is 91.7 Å². The first kappa shape index (κ1) is 12.8. The molecule has 0 saturated carbocycles. The number of nitrogens with one attached hydrogen (secondary N) is 2. The van der Waals surface area contributed by atoms with Crippen LogP contribution in [0.1, 0.15) is 0 Å². The van der Waals surface area contributed by atoms with E-state index in [9.17, 15) is 4.79 Å². The third-order valence-electron chi connectivity index (χ3n) is 3.33. The summed E-state index contributed by atoms with van der Waals surface area (Å²) in [5.74, 6) is 0. The van der Waals surface area contributed by atoms with Crippen molar-refractivity contribution in [2.75, 3.05) is 0 Å². The van der Waals surface area contributed by atoms with Gasteiger partial charge in [0.2, 0.25) is 0 Å². The van der Waals surface area contributed by atoms with E-state index in [-0.39, 0.29) is 11.3 Å². The van der Waals surface area contributed by atoms with Crippen LogP contribution in [0.15, 0.2) is 47.5 Å². The quantitative estimate of drug-likeness (QED) is 0.593. The molecule has 3 aromatic heterocycles. The normalized spacial score (nSPS) is 11.1. The van der Waals surface area contributed by atoms with Crippen LogP contribution in [0.4, 0.5) is 0 Å². The highest BCUT2D eigenvalue weighted by molar-refractivity contribution is 6.30. The number of aromatic nitrogens is 6. The minimum atomic E-state index is -0.303. The first-order chi connectivity index (χ1) is 10.7. The predicted molar refractivity (Wildman–Crippen MR) is 81.6 cm³/mol. The Morgan fingerprint density at radius 1 is 1.18 bits per heavy atom. The molecule has 3 heterocycles. The van der Waals surface area contributed by atoms with Crippen LogP contribution in [0.5, 0.6) is 0 Å². The molecule has 0 aliphatic carbocycles. The Labute approximate surface area is 128 Å². The Kier molecular flexibility index (Phi) is 2.80. The lowest BCUT2D eigenvalue weighted by Gasteiger charge is -2.00.